The summed E-state index contributed by atoms with van der Waals surface area (Å²) in [5.41, 5.74) is 0.841. The molecule has 12 nitrogen and oxygen atoms in total. The van der Waals surface area contributed by atoms with E-state index in [0.29, 0.717) is 30.9 Å². The fourth-order valence-electron chi connectivity index (χ4n) is 5.08. The van der Waals surface area contributed by atoms with Gasteiger partial charge in [-0.05, 0) is 31.2 Å². The molecule has 13 heteroatoms. The van der Waals surface area contributed by atoms with Crippen LogP contribution >= 0.6 is 11.3 Å². The minimum Gasteiger partial charge on any atom is -0.485 e. The Labute approximate surface area is 261 Å². The molecule has 4 rings (SSSR count). The Balaban J connectivity index is 1.66. The molecule has 2 aromatic rings. The Kier molecular flexibility index (Phi) is 11.2. The number of rotatable bonds is 6. The molecule has 5 amide bonds. The first-order valence-corrected chi connectivity index (χ1v) is 15.8. The average Bonchev–Trinajstić information content (AvgIpc) is 3.43. The van der Waals surface area contributed by atoms with E-state index < -0.39 is 53.7 Å². The zero-order valence-corrected chi connectivity index (χ0v) is 26.3. The minimum atomic E-state index is -0.986. The third-order valence-corrected chi connectivity index (χ3v) is 8.35. The van der Waals surface area contributed by atoms with Crippen molar-refractivity contribution >= 4 is 40.9 Å². The highest BCUT2D eigenvalue weighted by Crippen LogP contribution is 2.40. The molecule has 0 unspecified atom stereocenters. The summed E-state index contributed by atoms with van der Waals surface area (Å²) in [4.78, 5) is 69.0. The maximum atomic E-state index is 13.8. The third kappa shape index (κ3) is 8.49. The van der Waals surface area contributed by atoms with Crippen LogP contribution in [0.2, 0.25) is 0 Å². The van der Waals surface area contributed by atoms with E-state index in [1.807, 2.05) is 51.1 Å². The van der Waals surface area contributed by atoms with E-state index in [0.717, 1.165) is 16.9 Å². The number of amides is 5. The van der Waals surface area contributed by atoms with Gasteiger partial charge in [-0.25, -0.2) is 0 Å². The van der Waals surface area contributed by atoms with Crippen LogP contribution in [-0.4, -0.2) is 84.9 Å². The van der Waals surface area contributed by atoms with Gasteiger partial charge in [0.25, 0.3) is 5.91 Å². The number of thiophene rings is 1. The molecule has 2 aliphatic heterocycles. The highest BCUT2D eigenvalue weighted by atomic mass is 32.1. The van der Waals surface area contributed by atoms with Crippen molar-refractivity contribution in [3.05, 3.63) is 46.2 Å². The van der Waals surface area contributed by atoms with Crippen LogP contribution in [0.1, 0.15) is 55.8 Å². The zero-order chi connectivity index (χ0) is 31.8. The smallest absolute Gasteiger partial charge is 0.268 e. The van der Waals surface area contributed by atoms with Crippen molar-refractivity contribution in [1.29, 1.82) is 0 Å². The molecular weight excluding hydrogens is 586 g/mol. The molecule has 1 aromatic carbocycles. The van der Waals surface area contributed by atoms with Crippen molar-refractivity contribution in [3.63, 3.8) is 0 Å². The maximum absolute atomic E-state index is 13.8. The van der Waals surface area contributed by atoms with E-state index >= 15 is 0 Å². The SMILES string of the molecule is CC[C@H]1CN(C(=O)c2scc3c2OCCO3)CC(=O)N[C@H](C)C(=O)N[C@@H](CC(C)C)C(=O)N[C@@H](Cc2ccccc2)C(=O)N1. The molecule has 0 radical (unpaired) electrons. The first-order chi connectivity index (χ1) is 21.0. The number of benzene rings is 1. The monoisotopic (exact) mass is 627 g/mol. The summed E-state index contributed by atoms with van der Waals surface area (Å²) >= 11 is 1.15. The Bertz CT molecular complexity index is 1350. The lowest BCUT2D eigenvalue weighted by molar-refractivity contribution is -0.133. The van der Waals surface area contributed by atoms with E-state index in [-0.39, 0.29) is 36.9 Å². The van der Waals surface area contributed by atoms with Crippen molar-refractivity contribution in [1.82, 2.24) is 26.2 Å². The third-order valence-electron chi connectivity index (χ3n) is 7.42. The maximum Gasteiger partial charge on any atom is 0.268 e. The van der Waals surface area contributed by atoms with E-state index in [1.165, 1.54) is 11.8 Å². The van der Waals surface area contributed by atoms with Gasteiger partial charge < -0.3 is 35.6 Å². The van der Waals surface area contributed by atoms with Gasteiger partial charge in [0, 0.05) is 24.4 Å². The second kappa shape index (κ2) is 15.0. The van der Waals surface area contributed by atoms with Crippen molar-refractivity contribution < 1.29 is 33.4 Å². The van der Waals surface area contributed by atoms with Crippen LogP contribution in [-0.2, 0) is 25.6 Å². The minimum absolute atomic E-state index is 0.00454. The van der Waals surface area contributed by atoms with Gasteiger partial charge in [0.1, 0.15) is 36.2 Å². The lowest BCUT2D eigenvalue weighted by Crippen LogP contribution is -2.57. The van der Waals surface area contributed by atoms with Crippen LogP contribution < -0.4 is 30.7 Å². The summed E-state index contributed by atoms with van der Waals surface area (Å²) < 4.78 is 11.3. The molecule has 3 heterocycles. The summed E-state index contributed by atoms with van der Waals surface area (Å²) in [7, 11) is 0. The van der Waals surface area contributed by atoms with Gasteiger partial charge in [0.05, 0.1) is 6.54 Å². The highest BCUT2D eigenvalue weighted by molar-refractivity contribution is 7.12. The Morgan fingerprint density at radius 3 is 2.34 bits per heavy atom. The molecule has 0 spiro atoms. The van der Waals surface area contributed by atoms with E-state index in [4.69, 9.17) is 9.47 Å². The Morgan fingerprint density at radius 1 is 0.955 bits per heavy atom. The molecular formula is C31H41N5O7S. The standard InChI is InChI=1S/C31H41N5O7S/c1-5-21-15-36(31(41)27-26-24(17-44-27)42-11-12-43-26)16-25(37)32-19(4)28(38)34-22(13-18(2)3)30(40)35-23(29(39)33-21)14-20-9-7-6-8-10-20/h6-10,17-19,21-23H,5,11-16H2,1-4H3,(H,32,37)(H,33,39)(H,34,38)(H,35,40)/t19-,21+,22+,23+/m1/s1. The molecule has 0 saturated carbocycles. The van der Waals surface area contributed by atoms with Crippen molar-refractivity contribution in [2.45, 2.75) is 71.1 Å². The van der Waals surface area contributed by atoms with Gasteiger partial charge >= 0.3 is 0 Å². The molecule has 2 aliphatic rings. The summed E-state index contributed by atoms with van der Waals surface area (Å²) in [6.45, 7) is 7.52. The fraction of sp³-hybridized carbons (Fsp3) is 0.516. The number of carbonyl (C=O) groups is 5. The Morgan fingerprint density at radius 2 is 1.64 bits per heavy atom. The van der Waals surface area contributed by atoms with Gasteiger partial charge in [-0.15, -0.1) is 11.3 Å². The molecule has 1 fully saturated rings. The first kappa shape index (κ1) is 32.8. The second-order valence-electron chi connectivity index (χ2n) is 11.5. The molecule has 1 saturated heterocycles. The molecule has 44 heavy (non-hydrogen) atoms. The lowest BCUT2D eigenvalue weighted by atomic mass is 10.0. The number of hydrogen-bond acceptors (Lipinski definition) is 8. The number of nitrogens with one attached hydrogen (secondary N) is 4. The first-order valence-electron chi connectivity index (χ1n) is 15.0. The van der Waals surface area contributed by atoms with Crippen LogP contribution in [0.25, 0.3) is 0 Å². The van der Waals surface area contributed by atoms with E-state index in [1.54, 1.807) is 5.38 Å². The largest absolute Gasteiger partial charge is 0.485 e. The summed E-state index contributed by atoms with van der Waals surface area (Å²) in [6, 6.07) is 5.90. The number of ether oxygens (including phenoxy) is 2. The van der Waals surface area contributed by atoms with Gasteiger partial charge in [-0.3, -0.25) is 24.0 Å². The lowest BCUT2D eigenvalue weighted by Gasteiger charge is -2.29. The van der Waals surface area contributed by atoms with Crippen LogP contribution in [0.4, 0.5) is 0 Å². The predicted octanol–water partition coefficient (Wildman–Crippen LogP) is 1.63. The normalized spacial score (nSPS) is 23.5. The molecule has 4 N–H and O–H groups in total. The number of carbonyl (C=O) groups excluding carboxylic acids is 5. The van der Waals surface area contributed by atoms with Gasteiger partial charge in [-0.2, -0.15) is 0 Å². The molecule has 0 aliphatic carbocycles. The highest BCUT2D eigenvalue weighted by Gasteiger charge is 2.33. The number of hydrogen-bond donors (Lipinski definition) is 4. The van der Waals surface area contributed by atoms with Crippen molar-refractivity contribution in [3.8, 4) is 11.5 Å². The van der Waals surface area contributed by atoms with Gasteiger partial charge in [0.2, 0.25) is 23.6 Å². The summed E-state index contributed by atoms with van der Waals surface area (Å²) in [6.07, 6.45) is 0.987. The molecule has 238 valence electrons. The quantitative estimate of drug-likeness (QED) is 0.380. The molecule has 4 atom stereocenters. The van der Waals surface area contributed by atoms with Crippen LogP contribution in [0, 0.1) is 5.92 Å². The summed E-state index contributed by atoms with van der Waals surface area (Å²) in [5.74, 6) is -1.66. The van der Waals surface area contributed by atoms with Crippen LogP contribution in [0.5, 0.6) is 11.5 Å². The van der Waals surface area contributed by atoms with E-state index in [9.17, 15) is 24.0 Å². The topological polar surface area (TPSA) is 155 Å². The predicted molar refractivity (Wildman–Crippen MR) is 165 cm³/mol. The number of nitrogens with zero attached hydrogens (tertiary/aromatic N) is 1. The second-order valence-corrected chi connectivity index (χ2v) is 12.4. The summed E-state index contributed by atoms with van der Waals surface area (Å²) in [5, 5.41) is 12.9. The van der Waals surface area contributed by atoms with Crippen LogP contribution in [0.3, 0.4) is 0 Å². The average molecular weight is 628 g/mol. The number of fused-ring (bicyclic) bond motifs is 1. The fourth-order valence-corrected chi connectivity index (χ4v) is 5.97. The van der Waals surface area contributed by atoms with Gasteiger partial charge in [0.15, 0.2) is 11.5 Å². The molecule has 0 bridgehead atoms. The van der Waals surface area contributed by atoms with Gasteiger partial charge in [-0.1, -0.05) is 51.1 Å². The van der Waals surface area contributed by atoms with Crippen LogP contribution in [0.15, 0.2) is 35.7 Å². The zero-order valence-electron chi connectivity index (χ0n) is 25.5. The Hall–Kier alpha value is -4.13. The molecule has 1 aromatic heterocycles. The van der Waals surface area contributed by atoms with E-state index in [2.05, 4.69) is 21.3 Å². The van der Waals surface area contributed by atoms with Crippen molar-refractivity contribution in [2.75, 3.05) is 26.3 Å². The van der Waals surface area contributed by atoms with Crippen molar-refractivity contribution in [2.24, 2.45) is 5.92 Å².